The molecule has 1 aromatic carbocycles. The van der Waals surface area contributed by atoms with Crippen LogP contribution in [0.4, 0.5) is 18.3 Å². The smallest absolute Gasteiger partial charge is 0.350 e. The third-order valence-electron chi connectivity index (χ3n) is 3.67. The number of carbonyl (C=O) groups excluding carboxylic acids is 1. The highest BCUT2D eigenvalue weighted by Crippen LogP contribution is 2.32. The number of rotatable bonds is 3. The predicted octanol–water partition coefficient (Wildman–Crippen LogP) is 4.08. The lowest BCUT2D eigenvalue weighted by atomic mass is 10.0. The fourth-order valence-corrected chi connectivity index (χ4v) is 2.99. The topological polar surface area (TPSA) is 74.8 Å². The SMILES string of the molecule is Cc1c(-c2ccccc2)[nH]c(C(F)(F)F)c(C(=O)Nc2nccs2)c1=O. The van der Waals surface area contributed by atoms with Gasteiger partial charge in [0.15, 0.2) is 10.6 Å². The molecule has 0 bridgehead atoms. The van der Waals surface area contributed by atoms with Crippen molar-refractivity contribution in [3.63, 3.8) is 0 Å². The fraction of sp³-hybridized carbons (Fsp3) is 0.118. The van der Waals surface area contributed by atoms with Gasteiger partial charge in [-0.15, -0.1) is 11.3 Å². The molecule has 5 nitrogen and oxygen atoms in total. The van der Waals surface area contributed by atoms with Gasteiger partial charge in [-0.3, -0.25) is 14.9 Å². The van der Waals surface area contributed by atoms with Crippen molar-refractivity contribution in [3.05, 3.63) is 69.0 Å². The number of nitrogens with one attached hydrogen (secondary N) is 2. The first-order valence-corrected chi connectivity index (χ1v) is 8.27. The minimum Gasteiger partial charge on any atom is -0.350 e. The highest BCUT2D eigenvalue weighted by Gasteiger charge is 2.39. The van der Waals surface area contributed by atoms with Crippen LogP contribution in [0.15, 0.2) is 46.7 Å². The third kappa shape index (κ3) is 3.38. The number of benzene rings is 1. The number of hydrogen-bond acceptors (Lipinski definition) is 4. The Bertz CT molecular complexity index is 997. The molecule has 0 aliphatic rings. The Labute approximate surface area is 149 Å². The van der Waals surface area contributed by atoms with Crippen LogP contribution < -0.4 is 10.7 Å². The van der Waals surface area contributed by atoms with Gasteiger partial charge in [-0.05, 0) is 12.5 Å². The number of aromatic nitrogens is 2. The zero-order valence-electron chi connectivity index (χ0n) is 13.3. The molecule has 134 valence electrons. The summed E-state index contributed by atoms with van der Waals surface area (Å²) in [5, 5.41) is 3.88. The molecular formula is C17H12F3N3O2S. The maximum absolute atomic E-state index is 13.5. The summed E-state index contributed by atoms with van der Waals surface area (Å²) in [6.07, 6.45) is -3.52. The van der Waals surface area contributed by atoms with E-state index in [9.17, 15) is 22.8 Å². The van der Waals surface area contributed by atoms with Crippen molar-refractivity contribution < 1.29 is 18.0 Å². The van der Waals surface area contributed by atoms with Gasteiger partial charge in [0.05, 0.1) is 5.69 Å². The molecule has 0 aliphatic carbocycles. The Balaban J connectivity index is 2.20. The molecule has 26 heavy (non-hydrogen) atoms. The average molecular weight is 379 g/mol. The molecule has 0 unspecified atom stereocenters. The van der Waals surface area contributed by atoms with E-state index in [1.165, 1.54) is 13.1 Å². The summed E-state index contributed by atoms with van der Waals surface area (Å²) in [6, 6.07) is 8.14. The Morgan fingerprint density at radius 2 is 1.92 bits per heavy atom. The van der Waals surface area contributed by atoms with Crippen molar-refractivity contribution in [1.82, 2.24) is 9.97 Å². The second kappa shape index (κ2) is 6.75. The van der Waals surface area contributed by atoms with Crippen molar-refractivity contribution in [2.24, 2.45) is 0 Å². The number of H-pyrrole nitrogens is 1. The highest BCUT2D eigenvalue weighted by molar-refractivity contribution is 7.13. The van der Waals surface area contributed by atoms with Crippen LogP contribution in [0, 0.1) is 6.92 Å². The molecule has 0 fully saturated rings. The van der Waals surface area contributed by atoms with E-state index in [2.05, 4.69) is 15.3 Å². The first-order chi connectivity index (χ1) is 12.3. The summed E-state index contributed by atoms with van der Waals surface area (Å²) in [5.74, 6) is -1.16. The minimum atomic E-state index is -4.91. The Kier molecular flexibility index (Phi) is 4.64. The molecule has 0 saturated heterocycles. The number of hydrogen-bond donors (Lipinski definition) is 2. The van der Waals surface area contributed by atoms with Crippen molar-refractivity contribution in [3.8, 4) is 11.3 Å². The van der Waals surface area contributed by atoms with Crippen molar-refractivity contribution >= 4 is 22.4 Å². The summed E-state index contributed by atoms with van der Waals surface area (Å²) >= 11 is 1.03. The number of thiazole rings is 1. The van der Waals surface area contributed by atoms with Gasteiger partial charge < -0.3 is 4.98 Å². The Morgan fingerprint density at radius 1 is 1.23 bits per heavy atom. The zero-order chi connectivity index (χ0) is 18.9. The van der Waals surface area contributed by atoms with Crippen molar-refractivity contribution in [1.29, 1.82) is 0 Å². The van der Waals surface area contributed by atoms with E-state index >= 15 is 0 Å². The predicted molar refractivity (Wildman–Crippen MR) is 92.3 cm³/mol. The molecule has 0 spiro atoms. The van der Waals surface area contributed by atoms with E-state index < -0.39 is 28.8 Å². The van der Waals surface area contributed by atoms with Gasteiger partial charge in [-0.2, -0.15) is 13.2 Å². The van der Waals surface area contributed by atoms with Gasteiger partial charge in [0, 0.05) is 17.1 Å². The minimum absolute atomic E-state index is 0.0217. The Morgan fingerprint density at radius 3 is 2.50 bits per heavy atom. The quantitative estimate of drug-likeness (QED) is 0.720. The van der Waals surface area contributed by atoms with Crippen LogP contribution in [0.1, 0.15) is 21.6 Å². The summed E-state index contributed by atoms with van der Waals surface area (Å²) in [4.78, 5) is 31.0. The van der Waals surface area contributed by atoms with Gasteiger partial charge >= 0.3 is 6.18 Å². The molecule has 0 saturated carbocycles. The maximum atomic E-state index is 13.5. The van der Waals surface area contributed by atoms with Crippen LogP contribution in [0.2, 0.25) is 0 Å². The summed E-state index contributed by atoms with van der Waals surface area (Å²) in [5.41, 5.74) is -2.89. The lowest BCUT2D eigenvalue weighted by Crippen LogP contribution is -2.30. The number of aromatic amines is 1. The van der Waals surface area contributed by atoms with E-state index in [-0.39, 0.29) is 16.4 Å². The largest absolute Gasteiger partial charge is 0.432 e. The van der Waals surface area contributed by atoms with Crippen LogP contribution in [0.5, 0.6) is 0 Å². The van der Waals surface area contributed by atoms with Crippen molar-refractivity contribution in [2.75, 3.05) is 5.32 Å². The van der Waals surface area contributed by atoms with E-state index in [4.69, 9.17) is 0 Å². The lowest BCUT2D eigenvalue weighted by Gasteiger charge is -2.16. The van der Waals surface area contributed by atoms with E-state index in [1.54, 1.807) is 35.7 Å². The van der Waals surface area contributed by atoms with E-state index in [0.717, 1.165) is 11.3 Å². The standard InChI is InChI=1S/C17H12F3N3O2S/c1-9-12(10-5-3-2-4-6-10)22-14(17(18,19)20)11(13(9)24)15(25)23-16-21-7-8-26-16/h2-8H,1H3,(H,22,24)(H,21,23,25). The number of carbonyl (C=O) groups is 1. The molecule has 0 aliphatic heterocycles. The zero-order valence-corrected chi connectivity index (χ0v) is 14.2. The number of alkyl halides is 3. The highest BCUT2D eigenvalue weighted by atomic mass is 32.1. The average Bonchev–Trinajstić information content (AvgIpc) is 3.09. The van der Waals surface area contributed by atoms with Crippen LogP contribution in [0.3, 0.4) is 0 Å². The summed E-state index contributed by atoms with van der Waals surface area (Å²) < 4.78 is 40.6. The van der Waals surface area contributed by atoms with Gasteiger partial charge in [-0.25, -0.2) is 4.98 Å². The van der Waals surface area contributed by atoms with Gasteiger partial charge in [0.2, 0.25) is 0 Å². The van der Waals surface area contributed by atoms with Crippen LogP contribution in [-0.2, 0) is 6.18 Å². The van der Waals surface area contributed by atoms with E-state index in [1.807, 2.05) is 0 Å². The number of anilines is 1. The molecule has 9 heteroatoms. The van der Waals surface area contributed by atoms with Gasteiger partial charge in [0.1, 0.15) is 11.3 Å². The molecule has 0 radical (unpaired) electrons. The number of pyridine rings is 1. The fourth-order valence-electron chi connectivity index (χ4n) is 2.46. The molecule has 2 N–H and O–H groups in total. The van der Waals surface area contributed by atoms with Crippen LogP contribution in [0.25, 0.3) is 11.3 Å². The second-order valence-electron chi connectivity index (χ2n) is 5.36. The third-order valence-corrected chi connectivity index (χ3v) is 4.36. The van der Waals surface area contributed by atoms with Crippen molar-refractivity contribution in [2.45, 2.75) is 13.1 Å². The number of amides is 1. The monoisotopic (exact) mass is 379 g/mol. The molecule has 3 rings (SSSR count). The second-order valence-corrected chi connectivity index (χ2v) is 6.25. The van der Waals surface area contributed by atoms with Gasteiger partial charge in [-0.1, -0.05) is 30.3 Å². The summed E-state index contributed by atoms with van der Waals surface area (Å²) in [6.45, 7) is 1.38. The lowest BCUT2D eigenvalue weighted by molar-refractivity contribution is -0.141. The van der Waals surface area contributed by atoms with Crippen LogP contribution in [-0.4, -0.2) is 15.9 Å². The van der Waals surface area contributed by atoms with Crippen LogP contribution >= 0.6 is 11.3 Å². The molecule has 2 heterocycles. The number of halogens is 3. The first kappa shape index (κ1) is 17.9. The molecule has 1 amide bonds. The first-order valence-electron chi connectivity index (χ1n) is 7.39. The van der Waals surface area contributed by atoms with E-state index in [0.29, 0.717) is 5.56 Å². The summed E-state index contributed by atoms with van der Waals surface area (Å²) in [7, 11) is 0. The normalized spacial score (nSPS) is 11.4. The maximum Gasteiger partial charge on any atom is 0.432 e. The molecular weight excluding hydrogens is 367 g/mol. The molecule has 0 atom stereocenters. The molecule has 3 aromatic rings. The molecule has 2 aromatic heterocycles. The Hall–Kier alpha value is -2.94. The van der Waals surface area contributed by atoms with Gasteiger partial charge in [0.25, 0.3) is 5.91 Å². The number of nitrogens with zero attached hydrogens (tertiary/aromatic N) is 1.